The van der Waals surface area contributed by atoms with E-state index in [9.17, 15) is 23.1 Å². The maximum absolute atomic E-state index is 12.7. The van der Waals surface area contributed by atoms with Crippen LogP contribution >= 0.6 is 0 Å². The lowest BCUT2D eigenvalue weighted by atomic mass is 10.2. The molecule has 0 aliphatic heterocycles. The highest BCUT2D eigenvalue weighted by atomic mass is 19.4. The number of carbonyl (C=O) groups is 1. The summed E-state index contributed by atoms with van der Waals surface area (Å²) in [4.78, 5) is 15.2. The first kappa shape index (κ1) is 16.8. The number of halogens is 3. The molecule has 3 N–H and O–H groups in total. The Bertz CT molecular complexity index is 519. The predicted molar refractivity (Wildman–Crippen MR) is 65.9 cm³/mol. The number of ether oxygens (including phenoxy) is 1. The van der Waals surface area contributed by atoms with Crippen LogP contribution in [0.25, 0.3) is 0 Å². The average Bonchev–Trinajstić information content (AvgIpc) is 2.44. The molecule has 0 aliphatic rings. The Morgan fingerprint density at radius 3 is 2.38 bits per heavy atom. The molecule has 116 valence electrons. The molecule has 0 aromatic heterocycles. The van der Waals surface area contributed by atoms with Gasteiger partial charge in [0.1, 0.15) is 0 Å². The average molecular weight is 306 g/mol. The molecule has 21 heavy (non-hydrogen) atoms. The summed E-state index contributed by atoms with van der Waals surface area (Å²) in [6, 6.07) is 7.71. The van der Waals surface area contributed by atoms with E-state index in [1.807, 2.05) is 0 Å². The lowest BCUT2D eigenvalue weighted by Crippen LogP contribution is -2.54. The minimum atomic E-state index is -5.44. The highest BCUT2D eigenvalue weighted by Gasteiger charge is 2.65. The first-order valence-electron chi connectivity index (χ1n) is 5.75. The molecule has 0 aliphatic carbocycles. The van der Waals surface area contributed by atoms with Gasteiger partial charge < -0.3 is 20.4 Å². The molecule has 0 saturated heterocycles. The molecule has 1 unspecified atom stereocenters. The van der Waals surface area contributed by atoms with Crippen molar-refractivity contribution in [3.63, 3.8) is 0 Å². The van der Waals surface area contributed by atoms with Crippen LogP contribution in [-0.2, 0) is 14.4 Å². The number of carbonyl (C=O) groups excluding carboxylic acids is 1. The fraction of sp³-hybridized carbons (Fsp3) is 0.333. The Hall–Kier alpha value is -2.29. The Balaban J connectivity index is 3.01. The van der Waals surface area contributed by atoms with Gasteiger partial charge in [0.25, 0.3) is 0 Å². The quantitative estimate of drug-likeness (QED) is 0.280. The Morgan fingerprint density at radius 2 is 1.90 bits per heavy atom. The van der Waals surface area contributed by atoms with Gasteiger partial charge in [-0.3, -0.25) is 0 Å². The van der Waals surface area contributed by atoms with Crippen molar-refractivity contribution in [2.75, 3.05) is 6.61 Å². The number of esters is 1. The highest BCUT2D eigenvalue weighted by Crippen LogP contribution is 2.33. The lowest BCUT2D eigenvalue weighted by Gasteiger charge is -2.25. The number of benzene rings is 1. The standard InChI is InChI=1S/C12H13F3N2O4/c1-2-20-10(18)11(19,12(13,14)15)21-17-9(16)8-6-4-3-5-7-8/h3-7,19H,2H2,1H3,(H2,16,17). The molecule has 0 bridgehead atoms. The summed E-state index contributed by atoms with van der Waals surface area (Å²) < 4.78 is 42.4. The van der Waals surface area contributed by atoms with Gasteiger partial charge in [-0.1, -0.05) is 35.5 Å². The van der Waals surface area contributed by atoms with E-state index in [0.717, 1.165) is 0 Å². The van der Waals surface area contributed by atoms with Gasteiger partial charge in [-0.15, -0.1) is 0 Å². The largest absolute Gasteiger partial charge is 0.470 e. The Labute approximate surface area is 117 Å². The second kappa shape index (κ2) is 6.44. The fourth-order valence-electron chi connectivity index (χ4n) is 1.21. The molecule has 9 heteroatoms. The summed E-state index contributed by atoms with van der Waals surface area (Å²) in [6.07, 6.45) is -5.44. The van der Waals surface area contributed by atoms with Gasteiger partial charge in [-0.05, 0) is 6.92 Å². The van der Waals surface area contributed by atoms with E-state index in [2.05, 4.69) is 14.7 Å². The van der Waals surface area contributed by atoms with Crippen LogP contribution in [0.1, 0.15) is 12.5 Å². The van der Waals surface area contributed by atoms with Crippen LogP contribution in [0.5, 0.6) is 0 Å². The minimum Gasteiger partial charge on any atom is -0.461 e. The van der Waals surface area contributed by atoms with Gasteiger partial charge in [-0.25, -0.2) is 4.79 Å². The Morgan fingerprint density at radius 1 is 1.33 bits per heavy atom. The topological polar surface area (TPSA) is 94.1 Å². The van der Waals surface area contributed by atoms with Crippen LogP contribution in [0.4, 0.5) is 13.2 Å². The van der Waals surface area contributed by atoms with Crippen LogP contribution in [0.3, 0.4) is 0 Å². The maximum atomic E-state index is 12.7. The van der Waals surface area contributed by atoms with Gasteiger partial charge in [0.05, 0.1) is 6.61 Å². The van der Waals surface area contributed by atoms with Crippen molar-refractivity contribution >= 4 is 11.8 Å². The smallest absolute Gasteiger partial charge is 0.461 e. The van der Waals surface area contributed by atoms with Crippen molar-refractivity contribution in [1.29, 1.82) is 0 Å². The lowest BCUT2D eigenvalue weighted by molar-refractivity contribution is -0.353. The fourth-order valence-corrected chi connectivity index (χ4v) is 1.21. The van der Waals surface area contributed by atoms with Crippen molar-refractivity contribution in [3.8, 4) is 0 Å². The molecular formula is C12H13F3N2O4. The van der Waals surface area contributed by atoms with Crippen LogP contribution in [0.2, 0.25) is 0 Å². The number of nitrogens with zero attached hydrogens (tertiary/aromatic N) is 1. The molecule has 1 rings (SSSR count). The van der Waals surface area contributed by atoms with E-state index in [1.54, 1.807) is 18.2 Å². The summed E-state index contributed by atoms with van der Waals surface area (Å²) in [5.41, 5.74) is 5.67. The number of oxime groups is 1. The summed E-state index contributed by atoms with van der Waals surface area (Å²) >= 11 is 0. The first-order chi connectivity index (χ1) is 9.72. The van der Waals surface area contributed by atoms with E-state index in [0.29, 0.717) is 0 Å². The van der Waals surface area contributed by atoms with Crippen LogP contribution in [-0.4, -0.2) is 35.5 Å². The Kier molecular flexibility index (Phi) is 5.14. The summed E-state index contributed by atoms with van der Waals surface area (Å²) in [5.74, 6) is -6.69. The molecule has 0 spiro atoms. The summed E-state index contributed by atoms with van der Waals surface area (Å²) in [5, 5.41) is 12.3. The van der Waals surface area contributed by atoms with Gasteiger partial charge in [-0.2, -0.15) is 13.2 Å². The molecule has 0 saturated carbocycles. The van der Waals surface area contributed by atoms with Crippen molar-refractivity contribution in [2.24, 2.45) is 10.9 Å². The minimum absolute atomic E-state index is 0.255. The highest BCUT2D eigenvalue weighted by molar-refractivity contribution is 5.97. The molecule has 0 fully saturated rings. The molecule has 0 amide bonds. The summed E-state index contributed by atoms with van der Waals surface area (Å²) in [6.45, 7) is 0.898. The number of rotatable bonds is 5. The van der Waals surface area contributed by atoms with Crippen LogP contribution < -0.4 is 5.73 Å². The first-order valence-corrected chi connectivity index (χ1v) is 5.75. The third-order valence-electron chi connectivity index (χ3n) is 2.28. The number of hydrogen-bond donors (Lipinski definition) is 2. The molecule has 0 radical (unpaired) electrons. The molecular weight excluding hydrogens is 293 g/mol. The SMILES string of the molecule is CCOC(=O)C(O)(O/N=C(/N)c1ccccc1)C(F)(F)F. The summed E-state index contributed by atoms with van der Waals surface area (Å²) in [7, 11) is 0. The third-order valence-corrected chi connectivity index (χ3v) is 2.28. The zero-order valence-corrected chi connectivity index (χ0v) is 10.9. The molecule has 1 aromatic rings. The maximum Gasteiger partial charge on any atom is 0.470 e. The number of alkyl halides is 3. The number of aliphatic hydroxyl groups is 1. The van der Waals surface area contributed by atoms with E-state index in [1.165, 1.54) is 19.1 Å². The second-order valence-corrected chi connectivity index (χ2v) is 3.80. The molecule has 1 atom stereocenters. The normalized spacial score (nSPS) is 15.2. The monoisotopic (exact) mass is 306 g/mol. The third kappa shape index (κ3) is 3.85. The molecule has 1 aromatic carbocycles. The van der Waals surface area contributed by atoms with E-state index in [4.69, 9.17) is 5.73 Å². The zero-order valence-electron chi connectivity index (χ0n) is 10.9. The zero-order chi connectivity index (χ0) is 16.1. The van der Waals surface area contributed by atoms with E-state index < -0.39 is 23.8 Å². The van der Waals surface area contributed by atoms with Crippen molar-refractivity contribution in [1.82, 2.24) is 0 Å². The number of hydrogen-bond acceptors (Lipinski definition) is 5. The van der Waals surface area contributed by atoms with Gasteiger partial charge in [0.2, 0.25) is 0 Å². The molecule has 6 nitrogen and oxygen atoms in total. The van der Waals surface area contributed by atoms with Gasteiger partial charge in [0, 0.05) is 5.56 Å². The van der Waals surface area contributed by atoms with Crippen molar-refractivity contribution in [3.05, 3.63) is 35.9 Å². The second-order valence-electron chi connectivity index (χ2n) is 3.80. The molecule has 0 heterocycles. The number of amidine groups is 1. The van der Waals surface area contributed by atoms with E-state index in [-0.39, 0.29) is 12.2 Å². The predicted octanol–water partition coefficient (Wildman–Crippen LogP) is 1.14. The van der Waals surface area contributed by atoms with E-state index >= 15 is 0 Å². The van der Waals surface area contributed by atoms with Gasteiger partial charge >= 0.3 is 17.9 Å². The van der Waals surface area contributed by atoms with Crippen molar-refractivity contribution < 1.29 is 32.6 Å². The van der Waals surface area contributed by atoms with Gasteiger partial charge in [0.15, 0.2) is 5.84 Å². The van der Waals surface area contributed by atoms with Crippen LogP contribution in [0.15, 0.2) is 35.5 Å². The number of nitrogens with two attached hydrogens (primary N) is 1. The van der Waals surface area contributed by atoms with Crippen molar-refractivity contribution in [2.45, 2.75) is 18.9 Å². The van der Waals surface area contributed by atoms with Crippen LogP contribution in [0, 0.1) is 0 Å².